The lowest BCUT2D eigenvalue weighted by atomic mass is 10.1. The van der Waals surface area contributed by atoms with Crippen LogP contribution in [0.25, 0.3) is 0 Å². The molecule has 0 aliphatic carbocycles. The summed E-state index contributed by atoms with van der Waals surface area (Å²) in [5.41, 5.74) is 5.09. The molecule has 6 heteroatoms. The van der Waals surface area contributed by atoms with Crippen LogP contribution >= 0.6 is 11.8 Å². The molecule has 1 atom stereocenters. The van der Waals surface area contributed by atoms with Gasteiger partial charge in [-0.2, -0.15) is 0 Å². The minimum atomic E-state index is -0.454. The third-order valence-electron chi connectivity index (χ3n) is 5.53. The van der Waals surface area contributed by atoms with Crippen LogP contribution < -0.4 is 5.32 Å². The SMILES string of the molecule is CCn1c(Cc2ccccc2)nnc1S[C@@H](C(=O)Nc1cc(C)ccc1C)c1ccccc1. The van der Waals surface area contributed by atoms with Crippen molar-refractivity contribution in [1.29, 1.82) is 0 Å². The van der Waals surface area contributed by atoms with E-state index in [0.29, 0.717) is 6.42 Å². The van der Waals surface area contributed by atoms with Crippen LogP contribution in [0.4, 0.5) is 5.69 Å². The highest BCUT2D eigenvalue weighted by molar-refractivity contribution is 8.00. The van der Waals surface area contributed by atoms with Gasteiger partial charge in [0, 0.05) is 18.7 Å². The first kappa shape index (κ1) is 22.8. The van der Waals surface area contributed by atoms with Crippen LogP contribution in [0.5, 0.6) is 0 Å². The van der Waals surface area contributed by atoms with E-state index in [0.717, 1.165) is 39.9 Å². The zero-order chi connectivity index (χ0) is 23.2. The number of rotatable bonds is 8. The van der Waals surface area contributed by atoms with Gasteiger partial charge in [-0.05, 0) is 49.1 Å². The Morgan fingerprint density at radius 2 is 1.67 bits per heavy atom. The Balaban J connectivity index is 1.62. The molecule has 0 unspecified atom stereocenters. The fourth-order valence-corrected chi connectivity index (χ4v) is 4.83. The maximum absolute atomic E-state index is 13.5. The van der Waals surface area contributed by atoms with Crippen LogP contribution in [0.2, 0.25) is 0 Å². The predicted octanol–water partition coefficient (Wildman–Crippen LogP) is 5.98. The minimum absolute atomic E-state index is 0.0739. The average molecular weight is 457 g/mol. The molecule has 0 spiro atoms. The Kier molecular flexibility index (Phi) is 7.25. The van der Waals surface area contributed by atoms with Crippen LogP contribution in [-0.4, -0.2) is 20.7 Å². The number of aryl methyl sites for hydroxylation is 2. The molecule has 0 bridgehead atoms. The molecule has 1 amide bonds. The molecule has 1 aromatic heterocycles. The van der Waals surface area contributed by atoms with Crippen LogP contribution in [-0.2, 0) is 17.8 Å². The first-order valence-corrected chi connectivity index (χ1v) is 12.0. The summed E-state index contributed by atoms with van der Waals surface area (Å²) in [5, 5.41) is 12.4. The molecule has 3 aromatic carbocycles. The molecule has 0 aliphatic heterocycles. The van der Waals surface area contributed by atoms with Gasteiger partial charge < -0.3 is 9.88 Å². The van der Waals surface area contributed by atoms with Crippen molar-refractivity contribution in [3.05, 3.63) is 107 Å². The minimum Gasteiger partial charge on any atom is -0.325 e. The number of carbonyl (C=O) groups is 1. The molecule has 0 saturated heterocycles. The number of carbonyl (C=O) groups excluding carboxylic acids is 1. The van der Waals surface area contributed by atoms with Crippen molar-refractivity contribution in [2.75, 3.05) is 5.32 Å². The van der Waals surface area contributed by atoms with Crippen molar-refractivity contribution in [2.24, 2.45) is 0 Å². The summed E-state index contributed by atoms with van der Waals surface area (Å²) < 4.78 is 2.10. The molecular formula is C27H28N4OS. The normalized spacial score (nSPS) is 11.8. The lowest BCUT2D eigenvalue weighted by molar-refractivity contribution is -0.115. The monoisotopic (exact) mass is 456 g/mol. The fraction of sp³-hybridized carbons (Fsp3) is 0.222. The van der Waals surface area contributed by atoms with E-state index in [1.54, 1.807) is 0 Å². The standard InChI is InChI=1S/C27H28N4OS/c1-4-31-24(18-21-11-7-5-8-12-21)29-30-27(31)33-25(22-13-9-6-10-14-22)26(32)28-23-17-19(2)15-16-20(23)3/h5-17,25H,4,18H2,1-3H3,(H,28,32)/t25-/m1/s1. The van der Waals surface area contributed by atoms with Gasteiger partial charge in [0.15, 0.2) is 5.16 Å². The van der Waals surface area contributed by atoms with Crippen LogP contribution in [0.1, 0.15) is 40.3 Å². The van der Waals surface area contributed by atoms with Crippen LogP contribution in [0.15, 0.2) is 84.0 Å². The molecule has 4 rings (SSSR count). The molecule has 1 N–H and O–H groups in total. The molecular weight excluding hydrogens is 428 g/mol. The quantitative estimate of drug-likeness (QED) is 0.332. The highest BCUT2D eigenvalue weighted by Gasteiger charge is 2.26. The Bertz CT molecular complexity index is 1220. The smallest absolute Gasteiger partial charge is 0.242 e. The Morgan fingerprint density at radius 3 is 2.36 bits per heavy atom. The fourth-order valence-electron chi connectivity index (χ4n) is 3.71. The number of hydrogen-bond donors (Lipinski definition) is 1. The molecule has 4 aromatic rings. The highest BCUT2D eigenvalue weighted by atomic mass is 32.2. The number of hydrogen-bond acceptors (Lipinski definition) is 4. The summed E-state index contributed by atoms with van der Waals surface area (Å²) >= 11 is 1.44. The van der Waals surface area contributed by atoms with Gasteiger partial charge in [0.2, 0.25) is 5.91 Å². The van der Waals surface area contributed by atoms with E-state index in [1.807, 2.05) is 80.6 Å². The van der Waals surface area contributed by atoms with E-state index < -0.39 is 5.25 Å². The summed E-state index contributed by atoms with van der Waals surface area (Å²) in [7, 11) is 0. The van der Waals surface area contributed by atoms with Gasteiger partial charge in [-0.1, -0.05) is 84.6 Å². The molecule has 0 fully saturated rings. The van der Waals surface area contributed by atoms with Gasteiger partial charge in [-0.15, -0.1) is 10.2 Å². The number of nitrogens with one attached hydrogen (secondary N) is 1. The second kappa shape index (κ2) is 10.5. The average Bonchev–Trinajstić information content (AvgIpc) is 3.22. The lowest BCUT2D eigenvalue weighted by Gasteiger charge is -2.18. The molecule has 5 nitrogen and oxygen atoms in total. The van der Waals surface area contributed by atoms with Crippen LogP contribution in [0, 0.1) is 13.8 Å². The summed E-state index contributed by atoms with van der Waals surface area (Å²) in [6, 6.07) is 26.2. The van der Waals surface area contributed by atoms with E-state index in [2.05, 4.69) is 39.1 Å². The van der Waals surface area contributed by atoms with Crippen molar-refractivity contribution in [2.45, 2.75) is 44.1 Å². The number of nitrogens with zero attached hydrogens (tertiary/aromatic N) is 3. The number of anilines is 1. The zero-order valence-corrected chi connectivity index (χ0v) is 20.0. The van der Waals surface area contributed by atoms with Gasteiger partial charge in [-0.3, -0.25) is 4.79 Å². The van der Waals surface area contributed by atoms with E-state index in [9.17, 15) is 4.79 Å². The van der Waals surface area contributed by atoms with Crippen molar-refractivity contribution < 1.29 is 4.79 Å². The Labute approximate surface area is 199 Å². The maximum atomic E-state index is 13.5. The summed E-state index contributed by atoms with van der Waals surface area (Å²) in [6.45, 7) is 6.84. The third kappa shape index (κ3) is 5.52. The van der Waals surface area contributed by atoms with Gasteiger partial charge >= 0.3 is 0 Å². The largest absolute Gasteiger partial charge is 0.325 e. The zero-order valence-electron chi connectivity index (χ0n) is 19.2. The Morgan fingerprint density at radius 1 is 0.970 bits per heavy atom. The molecule has 1 heterocycles. The van der Waals surface area contributed by atoms with E-state index in [1.165, 1.54) is 17.3 Å². The second-order valence-electron chi connectivity index (χ2n) is 8.02. The maximum Gasteiger partial charge on any atom is 0.242 e. The van der Waals surface area contributed by atoms with Gasteiger partial charge in [-0.25, -0.2) is 0 Å². The number of benzene rings is 3. The van der Waals surface area contributed by atoms with Crippen molar-refractivity contribution in [3.8, 4) is 0 Å². The molecule has 0 saturated carbocycles. The highest BCUT2D eigenvalue weighted by Crippen LogP contribution is 2.36. The molecule has 0 aliphatic rings. The Hall–Kier alpha value is -3.38. The summed E-state index contributed by atoms with van der Waals surface area (Å²) in [6.07, 6.45) is 0.701. The lowest BCUT2D eigenvalue weighted by Crippen LogP contribution is -2.20. The third-order valence-corrected chi connectivity index (χ3v) is 6.76. The van der Waals surface area contributed by atoms with Crippen molar-refractivity contribution in [3.63, 3.8) is 0 Å². The van der Waals surface area contributed by atoms with Crippen LogP contribution in [0.3, 0.4) is 0 Å². The van der Waals surface area contributed by atoms with E-state index in [-0.39, 0.29) is 5.91 Å². The van der Waals surface area contributed by atoms with Crippen molar-refractivity contribution >= 4 is 23.4 Å². The van der Waals surface area contributed by atoms with E-state index in [4.69, 9.17) is 0 Å². The van der Waals surface area contributed by atoms with E-state index >= 15 is 0 Å². The first-order valence-electron chi connectivity index (χ1n) is 11.1. The molecule has 0 radical (unpaired) electrons. The predicted molar refractivity (Wildman–Crippen MR) is 135 cm³/mol. The second-order valence-corrected chi connectivity index (χ2v) is 9.09. The summed E-state index contributed by atoms with van der Waals surface area (Å²) in [4.78, 5) is 13.5. The number of aromatic nitrogens is 3. The molecule has 33 heavy (non-hydrogen) atoms. The topological polar surface area (TPSA) is 59.8 Å². The van der Waals surface area contributed by atoms with Gasteiger partial charge in [0.25, 0.3) is 0 Å². The van der Waals surface area contributed by atoms with Gasteiger partial charge in [0.1, 0.15) is 11.1 Å². The first-order chi connectivity index (χ1) is 16.0. The summed E-state index contributed by atoms with van der Waals surface area (Å²) in [5.74, 6) is 0.822. The molecule has 168 valence electrons. The van der Waals surface area contributed by atoms with Gasteiger partial charge in [0.05, 0.1) is 0 Å². The number of amides is 1. The number of thioether (sulfide) groups is 1. The van der Waals surface area contributed by atoms with Crippen molar-refractivity contribution in [1.82, 2.24) is 14.8 Å².